The highest BCUT2D eigenvalue weighted by Gasteiger charge is 2.30. The van der Waals surface area contributed by atoms with Crippen molar-refractivity contribution in [2.75, 3.05) is 0 Å². The Morgan fingerprint density at radius 1 is 1.26 bits per heavy atom. The van der Waals surface area contributed by atoms with E-state index >= 15 is 0 Å². The van der Waals surface area contributed by atoms with Crippen LogP contribution in [0.5, 0.6) is 0 Å². The van der Waals surface area contributed by atoms with Gasteiger partial charge in [0, 0.05) is 6.04 Å². The summed E-state index contributed by atoms with van der Waals surface area (Å²) in [4.78, 5) is 0. The molecular weight excluding hydrogens is 238 g/mol. The van der Waals surface area contributed by atoms with Crippen LogP contribution in [-0.2, 0) is 4.74 Å². The van der Waals surface area contributed by atoms with E-state index < -0.39 is 0 Å². The molecule has 108 valence electrons. The maximum Gasteiger partial charge on any atom is 0.134 e. The van der Waals surface area contributed by atoms with Crippen molar-refractivity contribution in [3.8, 4) is 0 Å². The molecule has 5 unspecified atom stereocenters. The molecule has 0 bridgehead atoms. The van der Waals surface area contributed by atoms with E-state index in [4.69, 9.17) is 14.9 Å². The molecule has 0 aliphatic heterocycles. The van der Waals surface area contributed by atoms with Gasteiger partial charge in [-0.2, -0.15) is 0 Å². The molecule has 0 amide bonds. The van der Waals surface area contributed by atoms with Crippen molar-refractivity contribution in [2.24, 2.45) is 17.6 Å². The van der Waals surface area contributed by atoms with Gasteiger partial charge in [-0.3, -0.25) is 0 Å². The molecule has 0 saturated heterocycles. The Hall–Kier alpha value is -0.800. The van der Waals surface area contributed by atoms with Gasteiger partial charge in [0.05, 0.1) is 6.10 Å². The van der Waals surface area contributed by atoms with Gasteiger partial charge < -0.3 is 14.9 Å². The van der Waals surface area contributed by atoms with Crippen LogP contribution in [0.2, 0.25) is 0 Å². The predicted octanol–water partition coefficient (Wildman–Crippen LogP) is 3.82. The highest BCUT2D eigenvalue weighted by Crippen LogP contribution is 2.34. The molecule has 1 aliphatic carbocycles. The van der Waals surface area contributed by atoms with Gasteiger partial charge in [-0.1, -0.05) is 13.8 Å². The lowest BCUT2D eigenvalue weighted by Gasteiger charge is -2.34. The average Bonchev–Trinajstić information content (AvgIpc) is 2.76. The Morgan fingerprint density at radius 3 is 2.53 bits per heavy atom. The van der Waals surface area contributed by atoms with Gasteiger partial charge in [-0.25, -0.2) is 0 Å². The van der Waals surface area contributed by atoms with Crippen LogP contribution in [0.15, 0.2) is 16.5 Å². The zero-order valence-corrected chi connectivity index (χ0v) is 12.6. The zero-order chi connectivity index (χ0) is 14.0. The minimum Gasteiger partial charge on any atom is -0.464 e. The van der Waals surface area contributed by atoms with Crippen LogP contribution >= 0.6 is 0 Å². The molecule has 1 aliphatic rings. The van der Waals surface area contributed by atoms with Crippen molar-refractivity contribution in [3.05, 3.63) is 23.7 Å². The summed E-state index contributed by atoms with van der Waals surface area (Å²) in [5, 5.41) is 0. The van der Waals surface area contributed by atoms with Crippen LogP contribution in [0, 0.1) is 18.8 Å². The summed E-state index contributed by atoms with van der Waals surface area (Å²) < 4.78 is 11.9. The lowest BCUT2D eigenvalue weighted by molar-refractivity contribution is -0.0651. The maximum atomic E-state index is 6.25. The molecule has 3 heteroatoms. The van der Waals surface area contributed by atoms with Gasteiger partial charge in [-0.15, -0.1) is 0 Å². The Morgan fingerprint density at radius 2 is 2.00 bits per heavy atom. The lowest BCUT2D eigenvalue weighted by Crippen LogP contribution is -2.33. The molecular formula is C16H27NO2. The van der Waals surface area contributed by atoms with Crippen molar-refractivity contribution in [1.29, 1.82) is 0 Å². The molecule has 2 N–H and O–H groups in total. The van der Waals surface area contributed by atoms with Gasteiger partial charge >= 0.3 is 0 Å². The largest absolute Gasteiger partial charge is 0.464 e. The first-order chi connectivity index (χ1) is 8.97. The van der Waals surface area contributed by atoms with E-state index in [1.165, 1.54) is 6.42 Å². The fraction of sp³-hybridized carbons (Fsp3) is 0.750. The van der Waals surface area contributed by atoms with E-state index in [0.717, 1.165) is 36.2 Å². The summed E-state index contributed by atoms with van der Waals surface area (Å²) in [6.45, 7) is 8.58. The highest BCUT2D eigenvalue weighted by atomic mass is 16.5. The standard InChI is InChI=1S/C16H27NO2/c1-10-5-7-14(9-11(10)2)19-16(13(4)17)15-8-6-12(3)18-15/h6,8,10-11,13-14,16H,5,7,9,17H2,1-4H3. The molecule has 5 atom stereocenters. The Kier molecular flexibility index (Phi) is 4.69. The number of furan rings is 1. The normalized spacial score (nSPS) is 31.1. The first-order valence-electron chi connectivity index (χ1n) is 7.44. The summed E-state index contributed by atoms with van der Waals surface area (Å²) in [5.41, 5.74) is 6.07. The number of nitrogens with two attached hydrogens (primary N) is 1. The number of aryl methyl sites for hydroxylation is 1. The van der Waals surface area contributed by atoms with Crippen LogP contribution in [0.4, 0.5) is 0 Å². The van der Waals surface area contributed by atoms with E-state index in [2.05, 4.69) is 13.8 Å². The third kappa shape index (κ3) is 3.61. The third-order valence-corrected chi connectivity index (χ3v) is 4.41. The topological polar surface area (TPSA) is 48.4 Å². The highest BCUT2D eigenvalue weighted by molar-refractivity contribution is 5.10. The van der Waals surface area contributed by atoms with Crippen LogP contribution in [0.3, 0.4) is 0 Å². The average molecular weight is 265 g/mol. The second-order valence-electron chi connectivity index (χ2n) is 6.25. The lowest BCUT2D eigenvalue weighted by atomic mass is 9.80. The number of hydrogen-bond acceptors (Lipinski definition) is 3. The number of hydrogen-bond donors (Lipinski definition) is 1. The molecule has 1 saturated carbocycles. The molecule has 1 fully saturated rings. The van der Waals surface area contributed by atoms with Crippen LogP contribution < -0.4 is 5.73 Å². The zero-order valence-electron chi connectivity index (χ0n) is 12.6. The Labute approximate surface area is 116 Å². The molecule has 1 aromatic rings. The number of ether oxygens (including phenoxy) is 1. The van der Waals surface area contributed by atoms with Gasteiger partial charge in [0.2, 0.25) is 0 Å². The third-order valence-electron chi connectivity index (χ3n) is 4.41. The summed E-state index contributed by atoms with van der Waals surface area (Å²) in [6.07, 6.45) is 3.69. The van der Waals surface area contributed by atoms with E-state index in [1.54, 1.807) is 0 Å². The fourth-order valence-corrected chi connectivity index (χ4v) is 2.89. The van der Waals surface area contributed by atoms with Crippen LogP contribution in [0.25, 0.3) is 0 Å². The molecule has 3 nitrogen and oxygen atoms in total. The van der Waals surface area contributed by atoms with E-state index in [-0.39, 0.29) is 12.1 Å². The molecule has 0 radical (unpaired) electrons. The maximum absolute atomic E-state index is 6.25. The first-order valence-corrected chi connectivity index (χ1v) is 7.44. The monoisotopic (exact) mass is 265 g/mol. The summed E-state index contributed by atoms with van der Waals surface area (Å²) in [7, 11) is 0. The van der Waals surface area contributed by atoms with Crippen molar-refractivity contribution < 1.29 is 9.15 Å². The Balaban J connectivity index is 2.01. The smallest absolute Gasteiger partial charge is 0.134 e. The molecule has 0 aromatic carbocycles. The second kappa shape index (κ2) is 6.10. The van der Waals surface area contributed by atoms with Crippen molar-refractivity contribution in [2.45, 2.75) is 65.2 Å². The molecule has 1 aromatic heterocycles. The van der Waals surface area contributed by atoms with Crippen molar-refractivity contribution in [1.82, 2.24) is 0 Å². The van der Waals surface area contributed by atoms with E-state index in [0.29, 0.717) is 6.10 Å². The van der Waals surface area contributed by atoms with Gasteiger partial charge in [0.15, 0.2) is 0 Å². The SMILES string of the molecule is Cc1ccc(C(OC2CCC(C)C(C)C2)C(C)N)o1. The van der Waals surface area contributed by atoms with Gasteiger partial charge in [0.25, 0.3) is 0 Å². The van der Waals surface area contributed by atoms with Crippen LogP contribution in [0.1, 0.15) is 57.7 Å². The van der Waals surface area contributed by atoms with E-state index in [1.807, 2.05) is 26.0 Å². The summed E-state index contributed by atoms with van der Waals surface area (Å²) in [5.74, 6) is 3.30. The molecule has 19 heavy (non-hydrogen) atoms. The molecule has 2 rings (SSSR count). The number of rotatable bonds is 4. The quantitative estimate of drug-likeness (QED) is 0.900. The van der Waals surface area contributed by atoms with Gasteiger partial charge in [0.1, 0.15) is 17.6 Å². The van der Waals surface area contributed by atoms with Crippen molar-refractivity contribution in [3.63, 3.8) is 0 Å². The van der Waals surface area contributed by atoms with Crippen molar-refractivity contribution >= 4 is 0 Å². The van der Waals surface area contributed by atoms with Crippen LogP contribution in [-0.4, -0.2) is 12.1 Å². The van der Waals surface area contributed by atoms with Gasteiger partial charge in [-0.05, 0) is 57.1 Å². The fourth-order valence-electron chi connectivity index (χ4n) is 2.89. The summed E-state index contributed by atoms with van der Waals surface area (Å²) in [6, 6.07) is 3.90. The second-order valence-corrected chi connectivity index (χ2v) is 6.25. The Bertz CT molecular complexity index is 399. The van der Waals surface area contributed by atoms with E-state index in [9.17, 15) is 0 Å². The molecule has 0 spiro atoms. The first kappa shape index (κ1) is 14.6. The minimum atomic E-state index is -0.126. The minimum absolute atomic E-state index is 0.0554. The molecule has 1 heterocycles. The predicted molar refractivity (Wildman–Crippen MR) is 76.9 cm³/mol. The summed E-state index contributed by atoms with van der Waals surface area (Å²) >= 11 is 0.